The van der Waals surface area contributed by atoms with Gasteiger partial charge in [-0.2, -0.15) is 0 Å². The summed E-state index contributed by atoms with van der Waals surface area (Å²) in [4.78, 5) is 0. The van der Waals surface area contributed by atoms with Crippen LogP contribution in [-0.2, 0) is 21.7 Å². The van der Waals surface area contributed by atoms with Crippen molar-refractivity contribution in [3.63, 3.8) is 0 Å². The molecule has 1 unspecified atom stereocenters. The van der Waals surface area contributed by atoms with E-state index in [0.29, 0.717) is 56.8 Å². The Morgan fingerprint density at radius 3 is 1.27 bits per heavy atom. The highest BCUT2D eigenvalue weighted by Crippen LogP contribution is 2.56. The Morgan fingerprint density at radius 2 is 0.829 bits per heavy atom. The van der Waals surface area contributed by atoms with Crippen LogP contribution in [0.4, 0.5) is 0 Å². The lowest BCUT2D eigenvalue weighted by Gasteiger charge is -2.29. The smallest absolute Gasteiger partial charge is 0.497 e. The predicted octanol–water partition coefficient (Wildman–Crippen LogP) is 16.9. The standard InChI is InChI=1S/C58H70O9P2.H2O/c1-35-27-41-42-29-38(59-16)32-46(56(7,8)9)52(42)66-69(65-51(41)45(28-35)55(4,5)6)67-54-44(31-40(61-18)34-48(54)58(13,14)15)43-30-39(60-17)33-47(57(10,11)12)53(43)64-68(62-49-25-21-19-23-36(49)2)63-50-26-22-20-24-37(50)3;/h19-34H,1-18H3;1H2. The zero-order chi connectivity index (χ0) is 50.4. The number of benzene rings is 6. The number of rotatable bonds is 12. The van der Waals surface area contributed by atoms with Crippen molar-refractivity contribution in [3.8, 4) is 51.4 Å². The molecule has 0 saturated carbocycles. The van der Waals surface area contributed by atoms with E-state index in [1.165, 1.54) is 0 Å². The van der Waals surface area contributed by atoms with Gasteiger partial charge >= 0.3 is 16.8 Å². The van der Waals surface area contributed by atoms with E-state index in [2.05, 4.69) is 108 Å². The molecule has 10 nitrogen and oxygen atoms in total. The second-order valence-electron chi connectivity index (χ2n) is 21.9. The van der Waals surface area contributed by atoms with E-state index in [-0.39, 0.29) is 16.3 Å². The molecule has 0 saturated heterocycles. The molecule has 1 aromatic heterocycles. The van der Waals surface area contributed by atoms with E-state index in [9.17, 15) is 0 Å². The Kier molecular flexibility index (Phi) is 15.7. The number of para-hydroxylation sites is 2. The fourth-order valence-corrected chi connectivity index (χ4v) is 10.6. The summed E-state index contributed by atoms with van der Waals surface area (Å²) in [6.07, 6.45) is 0. The number of aryl methyl sites for hydroxylation is 3. The maximum absolute atomic E-state index is 7.48. The fourth-order valence-electron chi connectivity index (χ4n) is 8.24. The van der Waals surface area contributed by atoms with Crippen LogP contribution in [0.1, 0.15) is 122 Å². The van der Waals surface area contributed by atoms with E-state index in [4.69, 9.17) is 40.7 Å². The first-order valence-corrected chi connectivity index (χ1v) is 25.6. The third-order valence-corrected chi connectivity index (χ3v) is 14.2. The minimum Gasteiger partial charge on any atom is -0.497 e. The lowest BCUT2D eigenvalue weighted by atomic mass is 9.81. The van der Waals surface area contributed by atoms with Crippen molar-refractivity contribution < 1.29 is 46.2 Å². The molecule has 374 valence electrons. The van der Waals surface area contributed by atoms with Crippen LogP contribution in [0.3, 0.4) is 0 Å². The van der Waals surface area contributed by atoms with Crippen molar-refractivity contribution in [2.45, 2.75) is 126 Å². The van der Waals surface area contributed by atoms with Crippen LogP contribution < -0.4 is 32.3 Å². The topological polar surface area (TPSA) is 122 Å². The first-order chi connectivity index (χ1) is 32.3. The van der Waals surface area contributed by atoms with Gasteiger partial charge in [-0.25, -0.2) is 0 Å². The molecule has 0 aliphatic rings. The van der Waals surface area contributed by atoms with Gasteiger partial charge in [-0.15, -0.1) is 0 Å². The summed E-state index contributed by atoms with van der Waals surface area (Å²) in [5.74, 6) is 4.35. The van der Waals surface area contributed by atoms with Crippen LogP contribution in [0.25, 0.3) is 33.1 Å². The maximum atomic E-state index is 7.48. The van der Waals surface area contributed by atoms with Crippen LogP contribution in [0, 0.1) is 20.8 Å². The number of hydrogen-bond acceptors (Lipinski definition) is 9. The van der Waals surface area contributed by atoms with Gasteiger partial charge in [0.2, 0.25) is 0 Å². The summed E-state index contributed by atoms with van der Waals surface area (Å²) in [7, 11) is 0.684. The average molecular weight is 991 g/mol. The van der Waals surface area contributed by atoms with Crippen molar-refractivity contribution in [1.82, 2.24) is 0 Å². The van der Waals surface area contributed by atoms with Gasteiger partial charge in [0.05, 0.1) is 21.3 Å². The Hall–Kier alpha value is -5.79. The fraction of sp³-hybridized carbons (Fsp3) is 0.379. The van der Waals surface area contributed by atoms with Crippen LogP contribution in [0.2, 0.25) is 0 Å². The summed E-state index contributed by atoms with van der Waals surface area (Å²) in [5.41, 5.74) is 7.84. The normalized spacial score (nSPS) is 12.4. The highest BCUT2D eigenvalue weighted by Gasteiger charge is 2.34. The van der Waals surface area contributed by atoms with Crippen molar-refractivity contribution in [2.75, 3.05) is 21.3 Å². The number of ether oxygens (including phenoxy) is 3. The molecule has 0 amide bonds. The molecule has 0 radical (unpaired) electrons. The molecule has 6 aromatic carbocycles. The van der Waals surface area contributed by atoms with Gasteiger partial charge in [-0.1, -0.05) is 126 Å². The highest BCUT2D eigenvalue weighted by molar-refractivity contribution is 7.43. The second-order valence-corrected chi connectivity index (χ2v) is 23.9. The predicted molar refractivity (Wildman–Crippen MR) is 288 cm³/mol. The Bertz CT molecular complexity index is 3010. The minimum atomic E-state index is -2.22. The lowest BCUT2D eigenvalue weighted by molar-refractivity contribution is 0.378. The van der Waals surface area contributed by atoms with Crippen LogP contribution in [0.5, 0.6) is 40.2 Å². The van der Waals surface area contributed by atoms with Crippen molar-refractivity contribution in [3.05, 3.63) is 136 Å². The SMILES string of the molecule is COc1cc(-c2cc(OC)cc(C(C)(C)C)c2Op2oc3c(C(C)(C)C)cc(C)cc3c3cc(OC)cc(C(C)(C)C)c3o2)c(OP(Oc2ccccc2C)Oc2ccccc2C)c(C(C)(C)C)c1.O. The number of fused-ring (bicyclic) bond motifs is 3. The Balaban J connectivity index is 0.00000804. The number of methoxy groups -OCH3 is 3. The molecule has 7 rings (SSSR count). The molecular formula is C58H72O10P2. The van der Waals surface area contributed by atoms with Crippen LogP contribution in [-0.4, -0.2) is 26.8 Å². The minimum absolute atomic E-state index is 0. The number of hydrogen-bond donors (Lipinski definition) is 0. The van der Waals surface area contributed by atoms with Crippen LogP contribution in [0.15, 0.2) is 105 Å². The maximum Gasteiger partial charge on any atom is 0.530 e. The average Bonchev–Trinajstić information content (AvgIpc) is 3.41. The molecule has 0 bridgehead atoms. The largest absolute Gasteiger partial charge is 0.530 e. The van der Waals surface area contributed by atoms with Crippen LogP contribution >= 0.6 is 16.8 Å². The molecule has 0 aliphatic carbocycles. The van der Waals surface area contributed by atoms with Gasteiger partial charge in [0.1, 0.15) is 51.4 Å². The van der Waals surface area contributed by atoms with Gasteiger partial charge < -0.3 is 46.2 Å². The van der Waals surface area contributed by atoms with Gasteiger partial charge in [-0.05, 0) is 114 Å². The monoisotopic (exact) mass is 990 g/mol. The van der Waals surface area contributed by atoms with Gasteiger partial charge in [0.25, 0.3) is 0 Å². The molecule has 12 heteroatoms. The van der Waals surface area contributed by atoms with E-state index in [0.717, 1.165) is 55.5 Å². The first-order valence-electron chi connectivity index (χ1n) is 23.4. The van der Waals surface area contributed by atoms with Gasteiger partial charge in [0.15, 0.2) is 0 Å². The van der Waals surface area contributed by atoms with Gasteiger partial charge in [0, 0.05) is 44.2 Å². The molecule has 1 atom stereocenters. The third-order valence-electron chi connectivity index (χ3n) is 12.1. The quantitative estimate of drug-likeness (QED) is 0.110. The Labute approximate surface area is 417 Å². The molecular weight excluding hydrogens is 919 g/mol. The lowest BCUT2D eigenvalue weighted by Crippen LogP contribution is -2.16. The van der Waals surface area contributed by atoms with E-state index >= 15 is 0 Å². The summed E-state index contributed by atoms with van der Waals surface area (Å²) < 4.78 is 61.0. The second kappa shape index (κ2) is 20.5. The molecule has 1 heterocycles. The van der Waals surface area contributed by atoms with Crippen molar-refractivity contribution in [2.24, 2.45) is 0 Å². The van der Waals surface area contributed by atoms with Crippen molar-refractivity contribution >= 4 is 38.8 Å². The summed E-state index contributed by atoms with van der Waals surface area (Å²) >= 11 is 0. The summed E-state index contributed by atoms with van der Waals surface area (Å²) in [5, 5.41) is 1.78. The molecule has 70 heavy (non-hydrogen) atoms. The zero-order valence-electron chi connectivity index (χ0n) is 44.3. The van der Waals surface area contributed by atoms with E-state index < -0.39 is 27.7 Å². The third kappa shape index (κ3) is 11.5. The molecule has 0 spiro atoms. The molecule has 7 aromatic rings. The molecule has 0 fully saturated rings. The summed E-state index contributed by atoms with van der Waals surface area (Å²) in [6, 6.07) is 32.2. The summed E-state index contributed by atoms with van der Waals surface area (Å²) in [6.45, 7) is 32.2. The first kappa shape index (κ1) is 53.6. The van der Waals surface area contributed by atoms with E-state index in [1.54, 1.807) is 21.3 Å². The van der Waals surface area contributed by atoms with Gasteiger partial charge in [-0.3, -0.25) is 0 Å². The Morgan fingerprint density at radius 1 is 0.443 bits per heavy atom. The zero-order valence-corrected chi connectivity index (χ0v) is 46.1. The highest BCUT2D eigenvalue weighted by atomic mass is 31.2. The van der Waals surface area contributed by atoms with E-state index in [1.807, 2.05) is 92.7 Å². The van der Waals surface area contributed by atoms with Crippen molar-refractivity contribution in [1.29, 1.82) is 0 Å². The molecule has 2 N–H and O–H groups in total. The molecule has 0 aliphatic heterocycles.